The molecule has 2 heterocycles. The number of hydrogen-bond acceptors (Lipinski definition) is 2. The number of nitrogens with zero attached hydrogens (tertiary/aromatic N) is 3. The van der Waals surface area contributed by atoms with Crippen LogP contribution in [0.25, 0.3) is 104 Å². The molecule has 0 saturated heterocycles. The second-order valence-electron chi connectivity index (χ2n) is 13.8. The van der Waals surface area contributed by atoms with Gasteiger partial charge in [0.15, 0.2) is 5.82 Å². The molecule has 0 spiro atoms. The number of rotatable bonds is 4. The average Bonchev–Trinajstić information content (AvgIpc) is 3.54. The van der Waals surface area contributed by atoms with Crippen molar-refractivity contribution in [1.82, 2.24) is 14.5 Å². The van der Waals surface area contributed by atoms with E-state index in [0.29, 0.717) is 5.82 Å². The summed E-state index contributed by atoms with van der Waals surface area (Å²) in [5.74, 6) is 1.58. The van der Waals surface area contributed by atoms with Gasteiger partial charge in [0, 0.05) is 21.7 Å². The fraction of sp³-hybridized carbons (Fsp3) is 0. The molecular formula is C50H31N3. The summed E-state index contributed by atoms with van der Waals surface area (Å²) in [6.45, 7) is 0. The molecule has 0 unspecified atom stereocenters. The lowest BCUT2D eigenvalue weighted by atomic mass is 9.99. The first-order valence-corrected chi connectivity index (χ1v) is 18.1. The van der Waals surface area contributed by atoms with Gasteiger partial charge in [-0.25, -0.2) is 9.97 Å². The Morgan fingerprint density at radius 3 is 1.66 bits per heavy atom. The maximum atomic E-state index is 5.45. The first-order valence-electron chi connectivity index (χ1n) is 18.1. The van der Waals surface area contributed by atoms with Gasteiger partial charge < -0.3 is 0 Å². The number of hydrogen-bond donors (Lipinski definition) is 0. The Labute approximate surface area is 306 Å². The minimum absolute atomic E-state index is 0.708. The van der Waals surface area contributed by atoms with Crippen LogP contribution in [0.3, 0.4) is 0 Å². The molecule has 0 atom stereocenters. The third-order valence-corrected chi connectivity index (χ3v) is 10.8. The number of benzene rings is 9. The van der Waals surface area contributed by atoms with E-state index in [9.17, 15) is 0 Å². The SMILES string of the molecule is c1ccc(-c2ccc(-c3ccc4c(c3)c3cc5ccccc5cc3n4-c3nc(-c4ccc5ccc6ccccc6c5c4)nc4ccccc34)cc2)cc1. The van der Waals surface area contributed by atoms with Crippen molar-refractivity contribution < 1.29 is 0 Å². The Morgan fingerprint density at radius 2 is 0.849 bits per heavy atom. The fourth-order valence-electron chi connectivity index (χ4n) is 8.10. The first-order chi connectivity index (χ1) is 26.2. The molecule has 0 aliphatic carbocycles. The maximum absolute atomic E-state index is 5.45. The zero-order chi connectivity index (χ0) is 34.9. The molecule has 0 bridgehead atoms. The minimum atomic E-state index is 0.708. The van der Waals surface area contributed by atoms with Crippen molar-refractivity contribution in [1.29, 1.82) is 0 Å². The minimum Gasteiger partial charge on any atom is -0.293 e. The van der Waals surface area contributed by atoms with Crippen molar-refractivity contribution in [3.05, 3.63) is 188 Å². The normalized spacial score (nSPS) is 11.8. The van der Waals surface area contributed by atoms with Gasteiger partial charge in [0.05, 0.1) is 16.6 Å². The van der Waals surface area contributed by atoms with E-state index in [0.717, 1.165) is 33.3 Å². The van der Waals surface area contributed by atoms with Gasteiger partial charge in [0.1, 0.15) is 5.82 Å². The molecule has 11 aromatic rings. The van der Waals surface area contributed by atoms with Crippen LogP contribution in [0.5, 0.6) is 0 Å². The molecule has 0 saturated carbocycles. The standard InChI is InChI=1S/C50H31N3/c1-2-10-32(11-3-1)33-18-20-34(21-19-33)39-26-27-47-44(29-39)45-28-37-13-4-5-14-38(37)31-48(45)53(47)50-42-16-8-9-17-46(42)51-49(52-50)40-25-24-36-23-22-35-12-6-7-15-41(35)43(36)30-40/h1-31H. The van der Waals surface area contributed by atoms with E-state index in [1.54, 1.807) is 0 Å². The molecule has 246 valence electrons. The zero-order valence-corrected chi connectivity index (χ0v) is 28.7. The molecule has 53 heavy (non-hydrogen) atoms. The van der Waals surface area contributed by atoms with Crippen molar-refractivity contribution in [3.63, 3.8) is 0 Å². The van der Waals surface area contributed by atoms with Crippen molar-refractivity contribution in [2.45, 2.75) is 0 Å². The molecule has 11 rings (SSSR count). The third kappa shape index (κ3) is 4.82. The second-order valence-corrected chi connectivity index (χ2v) is 13.8. The van der Waals surface area contributed by atoms with Crippen molar-refractivity contribution in [3.8, 4) is 39.5 Å². The lowest BCUT2D eigenvalue weighted by molar-refractivity contribution is 1.08. The number of fused-ring (bicyclic) bond motifs is 8. The predicted octanol–water partition coefficient (Wildman–Crippen LogP) is 13.2. The Balaban J connectivity index is 1.15. The van der Waals surface area contributed by atoms with Crippen LogP contribution < -0.4 is 0 Å². The molecule has 3 nitrogen and oxygen atoms in total. The van der Waals surface area contributed by atoms with Gasteiger partial charge in [-0.05, 0) is 97.0 Å². The average molecular weight is 674 g/mol. The molecule has 0 fully saturated rings. The van der Waals surface area contributed by atoms with Gasteiger partial charge in [-0.2, -0.15) is 0 Å². The third-order valence-electron chi connectivity index (χ3n) is 10.8. The van der Waals surface area contributed by atoms with E-state index in [-0.39, 0.29) is 0 Å². The Hall–Kier alpha value is -7.10. The van der Waals surface area contributed by atoms with Crippen molar-refractivity contribution >= 4 is 65.0 Å². The molecule has 0 amide bonds. The highest BCUT2D eigenvalue weighted by Crippen LogP contribution is 2.39. The summed E-state index contributed by atoms with van der Waals surface area (Å²) in [4.78, 5) is 10.6. The van der Waals surface area contributed by atoms with Gasteiger partial charge in [0.2, 0.25) is 0 Å². The maximum Gasteiger partial charge on any atom is 0.162 e. The van der Waals surface area contributed by atoms with Crippen LogP contribution in [-0.2, 0) is 0 Å². The summed E-state index contributed by atoms with van der Waals surface area (Å²) >= 11 is 0. The van der Waals surface area contributed by atoms with E-state index in [1.807, 2.05) is 0 Å². The van der Waals surface area contributed by atoms with E-state index >= 15 is 0 Å². The van der Waals surface area contributed by atoms with Gasteiger partial charge in [-0.1, -0.05) is 146 Å². The summed E-state index contributed by atoms with van der Waals surface area (Å²) in [7, 11) is 0. The summed E-state index contributed by atoms with van der Waals surface area (Å²) in [6, 6.07) is 67.5. The Bertz CT molecular complexity index is 3210. The van der Waals surface area contributed by atoms with E-state index < -0.39 is 0 Å². The highest BCUT2D eigenvalue weighted by Gasteiger charge is 2.19. The van der Waals surface area contributed by atoms with Crippen LogP contribution in [0.2, 0.25) is 0 Å². The second kappa shape index (κ2) is 11.7. The van der Waals surface area contributed by atoms with Crippen LogP contribution in [-0.4, -0.2) is 14.5 Å². The fourth-order valence-corrected chi connectivity index (χ4v) is 8.10. The summed E-state index contributed by atoms with van der Waals surface area (Å²) in [5, 5.41) is 10.7. The molecule has 2 aromatic heterocycles. The van der Waals surface area contributed by atoms with Crippen LogP contribution in [0.1, 0.15) is 0 Å². The summed E-state index contributed by atoms with van der Waals surface area (Å²) in [6.07, 6.45) is 0. The highest BCUT2D eigenvalue weighted by atomic mass is 15.1. The van der Waals surface area contributed by atoms with Crippen LogP contribution in [0.4, 0.5) is 0 Å². The lowest BCUT2D eigenvalue weighted by Crippen LogP contribution is -2.02. The topological polar surface area (TPSA) is 30.7 Å². The van der Waals surface area contributed by atoms with E-state index in [1.165, 1.54) is 65.3 Å². The zero-order valence-electron chi connectivity index (χ0n) is 28.7. The highest BCUT2D eigenvalue weighted by molar-refractivity contribution is 6.15. The summed E-state index contributed by atoms with van der Waals surface area (Å²) in [5.41, 5.74) is 8.94. The van der Waals surface area contributed by atoms with Crippen LogP contribution in [0, 0.1) is 0 Å². The van der Waals surface area contributed by atoms with E-state index in [2.05, 4.69) is 193 Å². The lowest BCUT2D eigenvalue weighted by Gasteiger charge is -2.13. The van der Waals surface area contributed by atoms with Crippen molar-refractivity contribution in [2.75, 3.05) is 0 Å². The molecule has 3 heteroatoms. The van der Waals surface area contributed by atoms with Gasteiger partial charge in [-0.3, -0.25) is 4.57 Å². The van der Waals surface area contributed by atoms with E-state index in [4.69, 9.17) is 9.97 Å². The predicted molar refractivity (Wildman–Crippen MR) is 223 cm³/mol. The largest absolute Gasteiger partial charge is 0.293 e. The molecular weight excluding hydrogens is 643 g/mol. The molecule has 0 N–H and O–H groups in total. The smallest absolute Gasteiger partial charge is 0.162 e. The molecule has 0 aliphatic heterocycles. The van der Waals surface area contributed by atoms with Gasteiger partial charge in [-0.15, -0.1) is 0 Å². The number of aromatic nitrogens is 3. The molecule has 0 aliphatic rings. The Kier molecular flexibility index (Phi) is 6.55. The van der Waals surface area contributed by atoms with Crippen LogP contribution in [0.15, 0.2) is 188 Å². The summed E-state index contributed by atoms with van der Waals surface area (Å²) < 4.78 is 2.35. The van der Waals surface area contributed by atoms with Gasteiger partial charge in [0.25, 0.3) is 0 Å². The quantitative estimate of drug-likeness (QED) is 0.174. The Morgan fingerprint density at radius 1 is 0.302 bits per heavy atom. The van der Waals surface area contributed by atoms with Crippen molar-refractivity contribution in [2.24, 2.45) is 0 Å². The van der Waals surface area contributed by atoms with Gasteiger partial charge >= 0.3 is 0 Å². The first kappa shape index (κ1) is 29.6. The number of para-hydroxylation sites is 1. The molecule has 0 radical (unpaired) electrons. The monoisotopic (exact) mass is 673 g/mol. The van der Waals surface area contributed by atoms with Crippen LogP contribution >= 0.6 is 0 Å². The molecule has 9 aromatic carbocycles.